The maximum Gasteiger partial charge on any atom is 0.145 e. The molecule has 0 spiro atoms. The Labute approximate surface area is 144 Å². The van der Waals surface area contributed by atoms with Crippen molar-refractivity contribution < 1.29 is 19.4 Å². The van der Waals surface area contributed by atoms with Gasteiger partial charge in [0.2, 0.25) is 0 Å². The zero-order chi connectivity index (χ0) is 17.5. The second-order valence-corrected chi connectivity index (χ2v) is 9.87. The Morgan fingerprint density at radius 1 is 1.04 bits per heavy atom. The number of fused-ring (bicyclic) bond motifs is 5. The number of ketones is 1. The minimum atomic E-state index is -1.62. The van der Waals surface area contributed by atoms with Gasteiger partial charge in [-0.1, -0.05) is 13.8 Å². The summed E-state index contributed by atoms with van der Waals surface area (Å²) in [7, 11) is 0. The molecule has 136 valence electrons. The van der Waals surface area contributed by atoms with Gasteiger partial charge in [-0.3, -0.25) is 4.79 Å². The summed E-state index contributed by atoms with van der Waals surface area (Å²) in [6.45, 7) is 5.89. The fourth-order valence-electron chi connectivity index (χ4n) is 7.27. The van der Waals surface area contributed by atoms with E-state index in [1.165, 1.54) is 0 Å². The lowest BCUT2D eigenvalue weighted by atomic mass is 9.42. The first-order valence-electron chi connectivity index (χ1n) is 9.67. The Morgan fingerprint density at radius 3 is 2.46 bits per heavy atom. The third-order valence-corrected chi connectivity index (χ3v) is 9.12. The van der Waals surface area contributed by atoms with Gasteiger partial charge in [0.15, 0.2) is 0 Å². The molecule has 4 saturated carbocycles. The zero-order valence-corrected chi connectivity index (χ0v) is 15.1. The van der Waals surface area contributed by atoms with E-state index in [-0.39, 0.29) is 23.5 Å². The molecule has 0 saturated heterocycles. The first-order chi connectivity index (χ1) is 11.1. The minimum absolute atomic E-state index is 0.0564. The lowest BCUT2D eigenvalue weighted by molar-refractivity contribution is -0.254. The van der Waals surface area contributed by atoms with E-state index in [4.69, 9.17) is 0 Å². The van der Waals surface area contributed by atoms with Crippen LogP contribution in [0.2, 0.25) is 0 Å². The largest absolute Gasteiger partial charge is 0.390 e. The van der Waals surface area contributed by atoms with Gasteiger partial charge >= 0.3 is 0 Å². The van der Waals surface area contributed by atoms with Crippen LogP contribution in [0.15, 0.2) is 0 Å². The quantitative estimate of drug-likeness (QED) is 0.711. The highest BCUT2D eigenvalue weighted by atomic mass is 19.1. The molecule has 4 rings (SSSR count). The predicted molar refractivity (Wildman–Crippen MR) is 89.1 cm³/mol. The Bertz CT molecular complexity index is 575. The molecule has 3 nitrogen and oxygen atoms in total. The van der Waals surface area contributed by atoms with Crippen LogP contribution >= 0.6 is 0 Å². The molecular formula is C20H31FO3. The van der Waals surface area contributed by atoms with E-state index in [9.17, 15) is 15.0 Å². The number of aliphatic hydroxyl groups is 2. The highest BCUT2D eigenvalue weighted by molar-refractivity contribution is 5.79. The van der Waals surface area contributed by atoms with Crippen molar-refractivity contribution in [2.24, 2.45) is 28.6 Å². The monoisotopic (exact) mass is 338 g/mol. The number of rotatable bonds is 0. The molecule has 4 fully saturated rings. The highest BCUT2D eigenvalue weighted by Crippen LogP contribution is 2.70. The fraction of sp³-hybridized carbons (Fsp3) is 0.950. The van der Waals surface area contributed by atoms with Crippen LogP contribution in [0.4, 0.5) is 4.39 Å². The Kier molecular flexibility index (Phi) is 3.41. The number of halogens is 1. The van der Waals surface area contributed by atoms with Crippen LogP contribution in [0.3, 0.4) is 0 Å². The molecule has 0 aromatic heterocycles. The number of Topliss-reactive ketones (excluding diaryl/α,β-unsaturated/α-hetero) is 1. The first-order valence-corrected chi connectivity index (χ1v) is 9.67. The molecule has 0 radical (unpaired) electrons. The second kappa shape index (κ2) is 4.82. The van der Waals surface area contributed by atoms with Crippen LogP contribution in [0, 0.1) is 28.6 Å². The summed E-state index contributed by atoms with van der Waals surface area (Å²) in [4.78, 5) is 11.9. The summed E-state index contributed by atoms with van der Waals surface area (Å²) in [5.41, 5.74) is -3.49. The first kappa shape index (κ1) is 17.0. The third-order valence-electron chi connectivity index (χ3n) is 9.12. The van der Waals surface area contributed by atoms with Crippen molar-refractivity contribution in [1.29, 1.82) is 0 Å². The van der Waals surface area contributed by atoms with Gasteiger partial charge in [0.1, 0.15) is 11.5 Å². The van der Waals surface area contributed by atoms with Crippen LogP contribution in [0.1, 0.15) is 72.1 Å². The van der Waals surface area contributed by atoms with Gasteiger partial charge in [0.25, 0.3) is 0 Å². The molecule has 0 aliphatic heterocycles. The van der Waals surface area contributed by atoms with Gasteiger partial charge in [-0.25, -0.2) is 4.39 Å². The van der Waals surface area contributed by atoms with Crippen molar-refractivity contribution in [2.45, 2.75) is 89.5 Å². The van der Waals surface area contributed by atoms with E-state index in [0.29, 0.717) is 32.1 Å². The molecule has 24 heavy (non-hydrogen) atoms. The molecule has 2 N–H and O–H groups in total. The minimum Gasteiger partial charge on any atom is -0.390 e. The number of alkyl halides is 1. The number of hydrogen-bond acceptors (Lipinski definition) is 3. The molecule has 0 aromatic carbocycles. The smallest absolute Gasteiger partial charge is 0.145 e. The average Bonchev–Trinajstić information content (AvgIpc) is 2.72. The van der Waals surface area contributed by atoms with Crippen LogP contribution in [0.5, 0.6) is 0 Å². The zero-order valence-electron chi connectivity index (χ0n) is 15.1. The molecule has 0 heterocycles. The summed E-state index contributed by atoms with van der Waals surface area (Å²) in [5, 5.41) is 21.9. The summed E-state index contributed by atoms with van der Waals surface area (Å²) < 4.78 is 16.7. The van der Waals surface area contributed by atoms with Gasteiger partial charge in [0, 0.05) is 23.7 Å². The molecule has 0 amide bonds. The van der Waals surface area contributed by atoms with Crippen molar-refractivity contribution >= 4 is 5.78 Å². The van der Waals surface area contributed by atoms with Crippen LogP contribution in [-0.2, 0) is 4.79 Å². The number of carbonyl (C=O) groups is 1. The molecule has 4 aliphatic rings. The Balaban J connectivity index is 1.77. The Morgan fingerprint density at radius 2 is 1.75 bits per heavy atom. The van der Waals surface area contributed by atoms with E-state index in [1.54, 1.807) is 0 Å². The SMILES string of the molecule is C[C@]1(O)CCC2C3CC[C@H]4CC(=O)CC[C@]4(C)[C@@]3(F)C(O)C[C@@]21C. The molecule has 4 aliphatic carbocycles. The summed E-state index contributed by atoms with van der Waals surface area (Å²) >= 11 is 0. The van der Waals surface area contributed by atoms with E-state index >= 15 is 4.39 Å². The maximum absolute atomic E-state index is 16.7. The molecular weight excluding hydrogens is 307 g/mol. The standard InChI is InChI=1S/C20H31FO3/c1-17-8-6-13(22)10-12(17)4-5-15-14-7-9-19(3,24)18(14,2)11-16(23)20(15,17)21/h12,14-16,23-24H,4-11H2,1-3H3/t12-,14?,15?,16?,17-,18-,19-,20-/m0/s1. The third kappa shape index (κ3) is 1.77. The number of hydrogen-bond donors (Lipinski definition) is 2. The molecule has 0 bridgehead atoms. The summed E-state index contributed by atoms with van der Waals surface area (Å²) in [6, 6.07) is 0. The van der Waals surface area contributed by atoms with Crippen molar-refractivity contribution in [3.8, 4) is 0 Å². The average molecular weight is 338 g/mol. The van der Waals surface area contributed by atoms with Crippen LogP contribution in [-0.4, -0.2) is 33.4 Å². The van der Waals surface area contributed by atoms with Crippen molar-refractivity contribution in [3.05, 3.63) is 0 Å². The van der Waals surface area contributed by atoms with Crippen LogP contribution in [0.25, 0.3) is 0 Å². The number of carbonyl (C=O) groups excluding carboxylic acids is 1. The molecule has 3 unspecified atom stereocenters. The van der Waals surface area contributed by atoms with E-state index in [2.05, 4.69) is 0 Å². The summed E-state index contributed by atoms with van der Waals surface area (Å²) in [6.07, 6.45) is 3.89. The van der Waals surface area contributed by atoms with Crippen molar-refractivity contribution in [2.75, 3.05) is 0 Å². The second-order valence-electron chi connectivity index (χ2n) is 9.87. The van der Waals surface area contributed by atoms with Gasteiger partial charge in [-0.15, -0.1) is 0 Å². The highest BCUT2D eigenvalue weighted by Gasteiger charge is 2.73. The normalized spacial score (nSPS) is 60.3. The lowest BCUT2D eigenvalue weighted by Gasteiger charge is -2.65. The van der Waals surface area contributed by atoms with Crippen molar-refractivity contribution in [3.63, 3.8) is 0 Å². The Hall–Kier alpha value is -0.480. The van der Waals surface area contributed by atoms with E-state index < -0.39 is 28.2 Å². The van der Waals surface area contributed by atoms with Gasteiger partial charge in [0.05, 0.1) is 11.7 Å². The van der Waals surface area contributed by atoms with Gasteiger partial charge in [-0.05, 0) is 63.2 Å². The van der Waals surface area contributed by atoms with Crippen molar-refractivity contribution in [1.82, 2.24) is 0 Å². The lowest BCUT2D eigenvalue weighted by Crippen LogP contribution is -2.70. The molecule has 8 atom stereocenters. The maximum atomic E-state index is 16.7. The van der Waals surface area contributed by atoms with E-state index in [1.807, 2.05) is 20.8 Å². The number of aliphatic hydroxyl groups excluding tert-OH is 1. The van der Waals surface area contributed by atoms with E-state index in [0.717, 1.165) is 19.3 Å². The van der Waals surface area contributed by atoms with Crippen LogP contribution < -0.4 is 0 Å². The fourth-order valence-corrected chi connectivity index (χ4v) is 7.27. The summed E-state index contributed by atoms with van der Waals surface area (Å²) in [5.74, 6) is 0.227. The van der Waals surface area contributed by atoms with Gasteiger partial charge in [-0.2, -0.15) is 0 Å². The topological polar surface area (TPSA) is 57.5 Å². The molecule has 4 heteroatoms. The van der Waals surface area contributed by atoms with Gasteiger partial charge < -0.3 is 10.2 Å². The predicted octanol–water partition coefficient (Wildman–Crippen LogP) is 3.41. The molecule has 0 aromatic rings.